The molecular formula is C21H20N2O3S. The number of anilines is 2. The number of benzene rings is 3. The largest absolute Gasteiger partial charge is 0.311 e. The van der Waals surface area contributed by atoms with Crippen molar-refractivity contribution < 1.29 is 13.2 Å². The molecular weight excluding hydrogens is 360 g/mol. The molecule has 27 heavy (non-hydrogen) atoms. The van der Waals surface area contributed by atoms with Crippen molar-refractivity contribution in [2.45, 2.75) is 11.8 Å². The van der Waals surface area contributed by atoms with E-state index in [9.17, 15) is 13.2 Å². The topological polar surface area (TPSA) is 66.5 Å². The third-order valence-electron chi connectivity index (χ3n) is 4.16. The summed E-state index contributed by atoms with van der Waals surface area (Å²) < 4.78 is 27.4. The molecule has 0 saturated carbocycles. The van der Waals surface area contributed by atoms with E-state index >= 15 is 0 Å². The normalized spacial score (nSPS) is 11.0. The summed E-state index contributed by atoms with van der Waals surface area (Å²) in [6.45, 7) is 1.89. The zero-order valence-electron chi connectivity index (χ0n) is 15.1. The molecule has 0 saturated heterocycles. The summed E-state index contributed by atoms with van der Waals surface area (Å²) >= 11 is 0. The van der Waals surface area contributed by atoms with Crippen LogP contribution in [-0.2, 0) is 10.0 Å². The van der Waals surface area contributed by atoms with Crippen LogP contribution in [0.5, 0.6) is 0 Å². The SMILES string of the molecule is Cc1ccc(S(=O)(=O)Nc2ccc(C(=O)N(C)c3ccccc3)cc2)cc1. The summed E-state index contributed by atoms with van der Waals surface area (Å²) in [4.78, 5) is 14.3. The van der Waals surface area contributed by atoms with E-state index in [1.807, 2.05) is 37.3 Å². The first kappa shape index (κ1) is 18.7. The standard InChI is InChI=1S/C21H20N2O3S/c1-16-8-14-20(15-9-16)27(25,26)22-18-12-10-17(11-13-18)21(24)23(2)19-6-4-3-5-7-19/h3-15,22H,1-2H3. The van der Waals surface area contributed by atoms with Crippen LogP contribution in [0.1, 0.15) is 15.9 Å². The van der Waals surface area contributed by atoms with Gasteiger partial charge in [0, 0.05) is 24.0 Å². The van der Waals surface area contributed by atoms with Crippen molar-refractivity contribution in [2.75, 3.05) is 16.7 Å². The van der Waals surface area contributed by atoms with Gasteiger partial charge in [0.05, 0.1) is 4.90 Å². The fourth-order valence-corrected chi connectivity index (χ4v) is 3.63. The molecule has 0 radical (unpaired) electrons. The van der Waals surface area contributed by atoms with E-state index in [-0.39, 0.29) is 10.8 Å². The van der Waals surface area contributed by atoms with Crippen molar-refractivity contribution in [1.29, 1.82) is 0 Å². The molecule has 0 heterocycles. The zero-order chi connectivity index (χ0) is 19.4. The van der Waals surface area contributed by atoms with E-state index in [0.717, 1.165) is 11.3 Å². The summed E-state index contributed by atoms with van der Waals surface area (Å²) in [7, 11) is -1.97. The van der Waals surface area contributed by atoms with Crippen molar-refractivity contribution in [3.8, 4) is 0 Å². The molecule has 1 N–H and O–H groups in total. The van der Waals surface area contributed by atoms with Crippen LogP contribution >= 0.6 is 0 Å². The second kappa shape index (κ2) is 7.63. The van der Waals surface area contributed by atoms with Crippen LogP contribution in [0.15, 0.2) is 83.8 Å². The van der Waals surface area contributed by atoms with Gasteiger partial charge in [0.25, 0.3) is 15.9 Å². The minimum absolute atomic E-state index is 0.172. The first-order chi connectivity index (χ1) is 12.9. The number of aryl methyl sites for hydroxylation is 1. The van der Waals surface area contributed by atoms with Gasteiger partial charge in [-0.25, -0.2) is 8.42 Å². The third kappa shape index (κ3) is 4.35. The Kier molecular flexibility index (Phi) is 5.28. The molecule has 0 aliphatic rings. The molecule has 1 amide bonds. The van der Waals surface area contributed by atoms with Crippen molar-refractivity contribution in [3.63, 3.8) is 0 Å². The van der Waals surface area contributed by atoms with Crippen LogP contribution in [0.4, 0.5) is 11.4 Å². The second-order valence-electron chi connectivity index (χ2n) is 6.20. The lowest BCUT2D eigenvalue weighted by Crippen LogP contribution is -2.26. The highest BCUT2D eigenvalue weighted by molar-refractivity contribution is 7.92. The molecule has 5 nitrogen and oxygen atoms in total. The predicted molar refractivity (Wildman–Crippen MR) is 108 cm³/mol. The number of rotatable bonds is 5. The number of carbonyl (C=O) groups excluding carboxylic acids is 1. The van der Waals surface area contributed by atoms with Crippen LogP contribution in [0, 0.1) is 6.92 Å². The molecule has 3 rings (SSSR count). The monoisotopic (exact) mass is 380 g/mol. The first-order valence-corrected chi connectivity index (χ1v) is 9.88. The van der Waals surface area contributed by atoms with Gasteiger partial charge in [-0.1, -0.05) is 35.9 Å². The van der Waals surface area contributed by atoms with Gasteiger partial charge in [0.15, 0.2) is 0 Å². The van der Waals surface area contributed by atoms with E-state index < -0.39 is 10.0 Å². The smallest absolute Gasteiger partial charge is 0.261 e. The quantitative estimate of drug-likeness (QED) is 0.725. The lowest BCUT2D eigenvalue weighted by Gasteiger charge is -2.17. The van der Waals surface area contributed by atoms with Crippen molar-refractivity contribution in [2.24, 2.45) is 0 Å². The Morgan fingerprint density at radius 3 is 2.04 bits per heavy atom. The van der Waals surface area contributed by atoms with Crippen molar-refractivity contribution >= 4 is 27.3 Å². The van der Waals surface area contributed by atoms with E-state index in [4.69, 9.17) is 0 Å². The number of hydrogen-bond donors (Lipinski definition) is 1. The highest BCUT2D eigenvalue weighted by atomic mass is 32.2. The average molecular weight is 380 g/mol. The highest BCUT2D eigenvalue weighted by Crippen LogP contribution is 2.19. The van der Waals surface area contributed by atoms with E-state index in [2.05, 4.69) is 4.72 Å². The third-order valence-corrected chi connectivity index (χ3v) is 5.56. The van der Waals surface area contributed by atoms with Gasteiger partial charge < -0.3 is 4.90 Å². The molecule has 6 heteroatoms. The number of nitrogens with one attached hydrogen (secondary N) is 1. The Bertz CT molecular complexity index is 1030. The minimum atomic E-state index is -3.67. The maximum atomic E-state index is 12.6. The summed E-state index contributed by atoms with van der Waals surface area (Å²) in [5.74, 6) is -0.172. The zero-order valence-corrected chi connectivity index (χ0v) is 15.9. The lowest BCUT2D eigenvalue weighted by molar-refractivity contribution is 0.0993. The van der Waals surface area contributed by atoms with Gasteiger partial charge in [-0.2, -0.15) is 0 Å². The van der Waals surface area contributed by atoms with Crippen LogP contribution < -0.4 is 9.62 Å². The molecule has 0 bridgehead atoms. The van der Waals surface area contributed by atoms with E-state index in [1.165, 1.54) is 0 Å². The van der Waals surface area contributed by atoms with Gasteiger partial charge in [0.2, 0.25) is 0 Å². The van der Waals surface area contributed by atoms with E-state index in [1.54, 1.807) is 60.5 Å². The maximum Gasteiger partial charge on any atom is 0.261 e. The Morgan fingerprint density at radius 2 is 1.44 bits per heavy atom. The molecule has 0 aliphatic heterocycles. The Balaban J connectivity index is 1.75. The van der Waals surface area contributed by atoms with Crippen LogP contribution in [0.2, 0.25) is 0 Å². The number of para-hydroxylation sites is 1. The Morgan fingerprint density at radius 1 is 0.852 bits per heavy atom. The predicted octanol–water partition coefficient (Wildman–Crippen LogP) is 4.07. The number of carbonyl (C=O) groups is 1. The Hall–Kier alpha value is -3.12. The second-order valence-corrected chi connectivity index (χ2v) is 7.88. The van der Waals surface area contributed by atoms with Crippen molar-refractivity contribution in [1.82, 2.24) is 0 Å². The number of sulfonamides is 1. The summed E-state index contributed by atoms with van der Waals surface area (Å²) in [5.41, 5.74) is 2.64. The average Bonchev–Trinajstić information content (AvgIpc) is 2.68. The van der Waals surface area contributed by atoms with Crippen molar-refractivity contribution in [3.05, 3.63) is 90.0 Å². The molecule has 0 aromatic heterocycles. The van der Waals surface area contributed by atoms with Gasteiger partial charge in [-0.15, -0.1) is 0 Å². The molecule has 0 atom stereocenters. The molecule has 3 aromatic rings. The van der Waals surface area contributed by atoms with E-state index in [0.29, 0.717) is 11.3 Å². The fourth-order valence-electron chi connectivity index (χ4n) is 2.57. The first-order valence-electron chi connectivity index (χ1n) is 8.39. The Labute approximate surface area is 159 Å². The van der Waals surface area contributed by atoms with Gasteiger partial charge in [-0.3, -0.25) is 9.52 Å². The molecule has 138 valence electrons. The van der Waals surface area contributed by atoms with Gasteiger partial charge in [-0.05, 0) is 55.5 Å². The maximum absolute atomic E-state index is 12.6. The van der Waals surface area contributed by atoms with Crippen LogP contribution in [0.25, 0.3) is 0 Å². The summed E-state index contributed by atoms with van der Waals surface area (Å²) in [5, 5.41) is 0. The fraction of sp³-hybridized carbons (Fsp3) is 0.0952. The molecule has 0 aliphatic carbocycles. The molecule has 0 spiro atoms. The number of amides is 1. The van der Waals surface area contributed by atoms with Crippen LogP contribution in [-0.4, -0.2) is 21.4 Å². The number of nitrogens with zero attached hydrogens (tertiary/aromatic N) is 1. The number of hydrogen-bond acceptors (Lipinski definition) is 3. The lowest BCUT2D eigenvalue weighted by atomic mass is 10.1. The van der Waals surface area contributed by atoms with Gasteiger partial charge >= 0.3 is 0 Å². The summed E-state index contributed by atoms with van der Waals surface area (Å²) in [6, 6.07) is 22.3. The summed E-state index contributed by atoms with van der Waals surface area (Å²) in [6.07, 6.45) is 0. The van der Waals surface area contributed by atoms with Crippen LogP contribution in [0.3, 0.4) is 0 Å². The highest BCUT2D eigenvalue weighted by Gasteiger charge is 2.16. The molecule has 0 unspecified atom stereocenters. The molecule has 0 fully saturated rings. The van der Waals surface area contributed by atoms with Gasteiger partial charge in [0.1, 0.15) is 0 Å². The minimum Gasteiger partial charge on any atom is -0.311 e. The molecule has 3 aromatic carbocycles.